The summed E-state index contributed by atoms with van der Waals surface area (Å²) in [4.78, 5) is 12.5. The van der Waals surface area contributed by atoms with E-state index in [4.69, 9.17) is 23.2 Å². The summed E-state index contributed by atoms with van der Waals surface area (Å²) in [6.07, 6.45) is -3.63. The number of para-hydroxylation sites is 1. The van der Waals surface area contributed by atoms with Crippen molar-refractivity contribution in [1.29, 1.82) is 0 Å². The fourth-order valence-corrected chi connectivity index (χ4v) is 3.92. The summed E-state index contributed by atoms with van der Waals surface area (Å²) in [6.45, 7) is 3.29. The Kier molecular flexibility index (Phi) is 5.55. The Morgan fingerprint density at radius 2 is 1.72 bits per heavy atom. The molecule has 2 aromatic heterocycles. The van der Waals surface area contributed by atoms with Gasteiger partial charge in [-0.05, 0) is 18.2 Å². The fraction of sp³-hybridized carbons (Fsp3) is 0.300. The predicted octanol–water partition coefficient (Wildman–Crippen LogP) is 5.28. The Labute approximate surface area is 175 Å². The minimum atomic E-state index is -4.46. The summed E-state index contributed by atoms with van der Waals surface area (Å²) in [7, 11) is 0. The Hall–Kier alpha value is -2.09. The van der Waals surface area contributed by atoms with Crippen LogP contribution in [0.1, 0.15) is 11.1 Å². The second kappa shape index (κ2) is 7.97. The van der Waals surface area contributed by atoms with Crippen molar-refractivity contribution in [3.63, 3.8) is 0 Å². The lowest BCUT2D eigenvalue weighted by molar-refractivity contribution is -0.137. The van der Waals surface area contributed by atoms with Crippen LogP contribution in [0.25, 0.3) is 10.9 Å². The summed E-state index contributed by atoms with van der Waals surface area (Å²) >= 11 is 12.4. The first kappa shape index (κ1) is 20.2. The molecule has 1 aromatic carbocycles. The predicted molar refractivity (Wildman–Crippen MR) is 108 cm³/mol. The van der Waals surface area contributed by atoms with E-state index < -0.39 is 11.7 Å². The van der Waals surface area contributed by atoms with Crippen LogP contribution in [0.3, 0.4) is 0 Å². The van der Waals surface area contributed by atoms with Gasteiger partial charge in [-0.3, -0.25) is 4.90 Å². The molecule has 152 valence electrons. The van der Waals surface area contributed by atoms with Crippen molar-refractivity contribution in [2.75, 3.05) is 31.1 Å². The highest BCUT2D eigenvalue weighted by Gasteiger charge is 2.32. The Morgan fingerprint density at radius 3 is 2.41 bits per heavy atom. The lowest BCUT2D eigenvalue weighted by Gasteiger charge is -2.35. The van der Waals surface area contributed by atoms with Crippen molar-refractivity contribution < 1.29 is 13.2 Å². The Morgan fingerprint density at radius 1 is 1.00 bits per heavy atom. The first-order chi connectivity index (χ1) is 13.8. The van der Waals surface area contributed by atoms with Gasteiger partial charge in [0.05, 0.1) is 16.1 Å². The molecule has 0 unspecified atom stereocenters. The lowest BCUT2D eigenvalue weighted by atomic mass is 10.1. The topological polar surface area (TPSA) is 32.3 Å². The number of hydrogen-bond donors (Lipinski definition) is 0. The molecule has 1 saturated heterocycles. The minimum absolute atomic E-state index is 0.00930. The monoisotopic (exact) mass is 440 g/mol. The molecular formula is C20H17Cl2F3N4. The van der Waals surface area contributed by atoms with Crippen molar-refractivity contribution in [3.05, 3.63) is 63.9 Å². The van der Waals surface area contributed by atoms with Crippen molar-refractivity contribution in [2.24, 2.45) is 0 Å². The molecule has 4 nitrogen and oxygen atoms in total. The van der Waals surface area contributed by atoms with Gasteiger partial charge in [0.15, 0.2) is 0 Å². The summed E-state index contributed by atoms with van der Waals surface area (Å²) in [6, 6.07) is 10.8. The average molecular weight is 441 g/mol. The number of pyridine rings is 2. The number of piperazine rings is 1. The lowest BCUT2D eigenvalue weighted by Crippen LogP contribution is -2.46. The van der Waals surface area contributed by atoms with Crippen LogP contribution in [0.15, 0.2) is 42.6 Å². The van der Waals surface area contributed by atoms with E-state index in [1.165, 1.54) is 0 Å². The maximum atomic E-state index is 12.8. The van der Waals surface area contributed by atoms with Crippen LogP contribution in [0.5, 0.6) is 0 Å². The standard InChI is InChI=1S/C20H17Cl2F3N4/c21-16-10-15(20(23,24)25)11-26-19(16)29-7-5-28(6-8-29)12-14-9-13-3-1-2-4-17(13)27-18(14)22/h1-4,9-11H,5-8,12H2. The molecule has 0 aliphatic carbocycles. The molecule has 4 rings (SSSR count). The van der Waals surface area contributed by atoms with E-state index in [1.807, 2.05) is 35.2 Å². The summed E-state index contributed by atoms with van der Waals surface area (Å²) in [5, 5.41) is 1.53. The number of hydrogen-bond acceptors (Lipinski definition) is 4. The molecule has 3 aromatic rings. The fourth-order valence-electron chi connectivity index (χ4n) is 3.42. The largest absolute Gasteiger partial charge is 0.417 e. The first-order valence-corrected chi connectivity index (χ1v) is 9.81. The van der Waals surface area contributed by atoms with Gasteiger partial charge >= 0.3 is 6.18 Å². The van der Waals surface area contributed by atoms with Crippen LogP contribution >= 0.6 is 23.2 Å². The zero-order chi connectivity index (χ0) is 20.6. The number of rotatable bonds is 3. The second-order valence-electron chi connectivity index (χ2n) is 6.92. The molecule has 0 amide bonds. The van der Waals surface area contributed by atoms with E-state index in [9.17, 15) is 13.2 Å². The molecule has 1 aliphatic rings. The third kappa shape index (κ3) is 4.42. The molecule has 9 heteroatoms. The Balaban J connectivity index is 1.43. The Bertz CT molecular complexity index is 1030. The smallest absolute Gasteiger partial charge is 0.353 e. The third-order valence-corrected chi connectivity index (χ3v) is 5.57. The molecule has 0 spiro atoms. The van der Waals surface area contributed by atoms with Gasteiger partial charge in [0, 0.05) is 49.9 Å². The van der Waals surface area contributed by atoms with Crippen LogP contribution in [0, 0.1) is 0 Å². The molecule has 1 fully saturated rings. The SMILES string of the molecule is FC(F)(F)c1cnc(N2CCN(Cc3cc4ccccc4nc3Cl)CC2)c(Cl)c1. The van der Waals surface area contributed by atoms with E-state index in [1.54, 1.807) is 0 Å². The number of benzene rings is 1. The minimum Gasteiger partial charge on any atom is -0.353 e. The van der Waals surface area contributed by atoms with Crippen LogP contribution in [-0.2, 0) is 12.7 Å². The van der Waals surface area contributed by atoms with Crippen molar-refractivity contribution in [2.45, 2.75) is 12.7 Å². The zero-order valence-electron chi connectivity index (χ0n) is 15.3. The van der Waals surface area contributed by atoms with Gasteiger partial charge < -0.3 is 4.90 Å². The van der Waals surface area contributed by atoms with E-state index >= 15 is 0 Å². The molecule has 0 N–H and O–H groups in total. The van der Waals surface area contributed by atoms with Gasteiger partial charge in [-0.2, -0.15) is 13.2 Å². The molecule has 0 saturated carbocycles. The maximum absolute atomic E-state index is 12.8. The molecule has 29 heavy (non-hydrogen) atoms. The highest BCUT2D eigenvalue weighted by Crippen LogP contribution is 2.34. The number of aromatic nitrogens is 2. The number of anilines is 1. The summed E-state index contributed by atoms with van der Waals surface area (Å²) in [5.74, 6) is 0.379. The van der Waals surface area contributed by atoms with Gasteiger partial charge in [-0.15, -0.1) is 0 Å². The molecular weight excluding hydrogens is 424 g/mol. The molecule has 3 heterocycles. The third-order valence-electron chi connectivity index (χ3n) is 4.96. The average Bonchev–Trinajstić information content (AvgIpc) is 2.68. The quantitative estimate of drug-likeness (QED) is 0.518. The number of nitrogens with zero attached hydrogens (tertiary/aromatic N) is 4. The number of fused-ring (bicyclic) bond motifs is 1. The molecule has 0 radical (unpaired) electrons. The van der Waals surface area contributed by atoms with Gasteiger partial charge in [-0.25, -0.2) is 9.97 Å². The first-order valence-electron chi connectivity index (χ1n) is 9.05. The van der Waals surface area contributed by atoms with Crippen LogP contribution in [0.4, 0.5) is 19.0 Å². The van der Waals surface area contributed by atoms with Crippen LogP contribution in [-0.4, -0.2) is 41.0 Å². The van der Waals surface area contributed by atoms with Gasteiger partial charge in [0.25, 0.3) is 0 Å². The second-order valence-corrected chi connectivity index (χ2v) is 7.69. The number of alkyl halides is 3. The highest BCUT2D eigenvalue weighted by atomic mass is 35.5. The summed E-state index contributed by atoms with van der Waals surface area (Å²) < 4.78 is 38.4. The van der Waals surface area contributed by atoms with Crippen LogP contribution in [0.2, 0.25) is 10.2 Å². The normalized spacial score (nSPS) is 15.8. The van der Waals surface area contributed by atoms with Crippen LogP contribution < -0.4 is 4.90 Å². The van der Waals surface area contributed by atoms with Crippen molar-refractivity contribution in [3.8, 4) is 0 Å². The van der Waals surface area contributed by atoms with E-state index in [-0.39, 0.29) is 5.02 Å². The number of halogens is 5. The summed E-state index contributed by atoms with van der Waals surface area (Å²) in [5.41, 5.74) is 0.960. The van der Waals surface area contributed by atoms with Crippen molar-refractivity contribution >= 4 is 39.9 Å². The highest BCUT2D eigenvalue weighted by molar-refractivity contribution is 6.33. The molecule has 1 aliphatic heterocycles. The molecule has 0 atom stereocenters. The van der Waals surface area contributed by atoms with Crippen molar-refractivity contribution in [1.82, 2.24) is 14.9 Å². The van der Waals surface area contributed by atoms with Gasteiger partial charge in [-0.1, -0.05) is 41.4 Å². The zero-order valence-corrected chi connectivity index (χ0v) is 16.8. The van der Waals surface area contributed by atoms with Gasteiger partial charge in [0.2, 0.25) is 0 Å². The van der Waals surface area contributed by atoms with E-state index in [2.05, 4.69) is 14.9 Å². The van der Waals surface area contributed by atoms with E-state index in [0.717, 1.165) is 28.7 Å². The van der Waals surface area contributed by atoms with Gasteiger partial charge in [0.1, 0.15) is 11.0 Å². The molecule has 0 bridgehead atoms. The van der Waals surface area contributed by atoms with E-state index in [0.29, 0.717) is 43.7 Å². The maximum Gasteiger partial charge on any atom is 0.417 e.